The van der Waals surface area contributed by atoms with Crippen LogP contribution in [0.15, 0.2) is 48.7 Å². The zero-order chi connectivity index (χ0) is 21.3. The summed E-state index contributed by atoms with van der Waals surface area (Å²) in [5.41, 5.74) is 3.40. The number of carbonyl (C=O) groups is 2. The van der Waals surface area contributed by atoms with Gasteiger partial charge in [-0.3, -0.25) is 9.59 Å². The monoisotopic (exact) mass is 406 g/mol. The van der Waals surface area contributed by atoms with Crippen LogP contribution in [0.2, 0.25) is 0 Å². The van der Waals surface area contributed by atoms with E-state index < -0.39 is 40.6 Å². The minimum absolute atomic E-state index is 0.0959. The van der Waals surface area contributed by atoms with E-state index in [9.17, 15) is 27.2 Å². The van der Waals surface area contributed by atoms with E-state index in [4.69, 9.17) is 5.73 Å². The molecule has 0 radical (unpaired) electrons. The Morgan fingerprint density at radius 2 is 1.72 bits per heavy atom. The van der Waals surface area contributed by atoms with Gasteiger partial charge in [0.25, 0.3) is 11.8 Å². The Kier molecular flexibility index (Phi) is 5.10. The molecular formula is C19H14F4N4O2. The van der Waals surface area contributed by atoms with Gasteiger partial charge in [-0.05, 0) is 37.3 Å². The number of amides is 2. The highest BCUT2D eigenvalue weighted by molar-refractivity contribution is 6.06. The number of anilines is 1. The molecule has 0 atom stereocenters. The second-order valence-corrected chi connectivity index (χ2v) is 6.16. The highest BCUT2D eigenvalue weighted by Crippen LogP contribution is 2.34. The van der Waals surface area contributed by atoms with Gasteiger partial charge in [0, 0.05) is 5.69 Å². The zero-order valence-corrected chi connectivity index (χ0v) is 14.9. The highest BCUT2D eigenvalue weighted by Gasteiger charge is 2.40. The van der Waals surface area contributed by atoms with E-state index in [1.807, 2.05) is 0 Å². The average molecular weight is 406 g/mol. The van der Waals surface area contributed by atoms with Crippen LogP contribution in [0.4, 0.5) is 23.2 Å². The fraction of sp³-hybridized carbons (Fsp3) is 0.105. The lowest BCUT2D eigenvalue weighted by atomic mass is 10.1. The fourth-order valence-corrected chi connectivity index (χ4v) is 2.66. The van der Waals surface area contributed by atoms with Crippen LogP contribution in [0.5, 0.6) is 0 Å². The van der Waals surface area contributed by atoms with E-state index in [0.29, 0.717) is 4.68 Å². The van der Waals surface area contributed by atoms with Crippen molar-refractivity contribution in [2.45, 2.75) is 13.1 Å². The molecule has 0 saturated carbocycles. The molecule has 0 bridgehead atoms. The first kappa shape index (κ1) is 20.1. The third-order valence-corrected chi connectivity index (χ3v) is 4.05. The van der Waals surface area contributed by atoms with Gasteiger partial charge in [-0.1, -0.05) is 17.7 Å². The predicted molar refractivity (Wildman–Crippen MR) is 96.2 cm³/mol. The number of nitrogens with two attached hydrogens (primary N) is 1. The highest BCUT2D eigenvalue weighted by atomic mass is 19.4. The molecule has 3 rings (SSSR count). The molecule has 0 aliphatic heterocycles. The van der Waals surface area contributed by atoms with Crippen molar-refractivity contribution in [3.8, 4) is 5.69 Å². The lowest BCUT2D eigenvalue weighted by Gasteiger charge is -2.13. The minimum Gasteiger partial charge on any atom is -0.366 e. The largest absolute Gasteiger partial charge is 0.434 e. The Labute approximate surface area is 161 Å². The van der Waals surface area contributed by atoms with Crippen LogP contribution in [0, 0.1) is 12.7 Å². The molecule has 3 N–H and O–H groups in total. The standard InChI is InChI=1S/C19H14F4N4O2/c1-10-2-5-12(6-3-10)27-16(19(21,22)23)14(9-25-27)18(29)26-11-4-7-15(20)13(8-11)17(24)28/h2-9H,1H3,(H2,24,28)(H,26,29). The summed E-state index contributed by atoms with van der Waals surface area (Å²) < 4.78 is 55.2. The third kappa shape index (κ3) is 4.10. The van der Waals surface area contributed by atoms with Gasteiger partial charge >= 0.3 is 6.18 Å². The minimum atomic E-state index is -4.88. The van der Waals surface area contributed by atoms with Crippen molar-refractivity contribution in [2.24, 2.45) is 5.73 Å². The Morgan fingerprint density at radius 1 is 1.07 bits per heavy atom. The Morgan fingerprint density at radius 3 is 2.31 bits per heavy atom. The van der Waals surface area contributed by atoms with Gasteiger partial charge in [0.05, 0.1) is 23.0 Å². The maximum Gasteiger partial charge on any atom is 0.434 e. The van der Waals surface area contributed by atoms with Crippen molar-refractivity contribution in [3.05, 3.63) is 76.9 Å². The lowest BCUT2D eigenvalue weighted by molar-refractivity contribution is -0.143. The number of aryl methyl sites for hydroxylation is 1. The molecule has 0 aliphatic rings. The van der Waals surface area contributed by atoms with Crippen LogP contribution in [-0.4, -0.2) is 21.6 Å². The topological polar surface area (TPSA) is 90.0 Å². The number of nitrogens with one attached hydrogen (secondary N) is 1. The van der Waals surface area contributed by atoms with Gasteiger partial charge in [0.15, 0.2) is 5.69 Å². The van der Waals surface area contributed by atoms with Crippen LogP contribution >= 0.6 is 0 Å². The molecule has 2 amide bonds. The molecule has 3 aromatic rings. The Hall–Kier alpha value is -3.69. The number of rotatable bonds is 4. The number of primary amides is 1. The van der Waals surface area contributed by atoms with Crippen LogP contribution in [0.25, 0.3) is 5.69 Å². The summed E-state index contributed by atoms with van der Waals surface area (Å²) in [5.74, 6) is -3.13. The summed E-state index contributed by atoms with van der Waals surface area (Å²) in [6.07, 6.45) is -4.09. The molecule has 0 aliphatic carbocycles. The first-order chi connectivity index (χ1) is 13.6. The summed E-state index contributed by atoms with van der Waals surface area (Å²) in [4.78, 5) is 23.7. The summed E-state index contributed by atoms with van der Waals surface area (Å²) >= 11 is 0. The number of benzene rings is 2. The smallest absolute Gasteiger partial charge is 0.366 e. The lowest BCUT2D eigenvalue weighted by Crippen LogP contribution is -2.21. The number of aromatic nitrogens is 2. The first-order valence-corrected chi connectivity index (χ1v) is 8.21. The van der Waals surface area contributed by atoms with Gasteiger partial charge in [-0.2, -0.15) is 18.3 Å². The molecule has 0 unspecified atom stereocenters. The van der Waals surface area contributed by atoms with E-state index in [-0.39, 0.29) is 11.4 Å². The van der Waals surface area contributed by atoms with Crippen molar-refractivity contribution >= 4 is 17.5 Å². The quantitative estimate of drug-likeness (QED) is 0.648. The predicted octanol–water partition coefficient (Wildman–Crippen LogP) is 3.69. The first-order valence-electron chi connectivity index (χ1n) is 8.21. The normalized spacial score (nSPS) is 11.3. The van der Waals surface area contributed by atoms with Crippen molar-refractivity contribution in [3.63, 3.8) is 0 Å². The summed E-state index contributed by atoms with van der Waals surface area (Å²) in [6.45, 7) is 1.78. The van der Waals surface area contributed by atoms with Crippen LogP contribution in [0.1, 0.15) is 32.0 Å². The van der Waals surface area contributed by atoms with Crippen molar-refractivity contribution in [1.82, 2.24) is 9.78 Å². The van der Waals surface area contributed by atoms with Crippen molar-refractivity contribution in [1.29, 1.82) is 0 Å². The molecular weight excluding hydrogens is 392 g/mol. The molecule has 10 heteroatoms. The van der Waals surface area contributed by atoms with Crippen LogP contribution in [-0.2, 0) is 6.18 Å². The SMILES string of the molecule is Cc1ccc(-n2ncc(C(=O)Nc3ccc(F)c(C(N)=O)c3)c2C(F)(F)F)cc1. The number of nitrogens with zero attached hydrogens (tertiary/aromatic N) is 2. The maximum atomic E-state index is 13.7. The molecule has 1 aromatic heterocycles. The molecule has 6 nitrogen and oxygen atoms in total. The van der Waals surface area contributed by atoms with E-state index in [1.54, 1.807) is 19.1 Å². The third-order valence-electron chi connectivity index (χ3n) is 4.05. The van der Waals surface area contributed by atoms with Crippen molar-refractivity contribution in [2.75, 3.05) is 5.32 Å². The summed E-state index contributed by atoms with van der Waals surface area (Å²) in [5, 5.41) is 5.91. The van der Waals surface area contributed by atoms with Gasteiger partial charge in [0.1, 0.15) is 5.82 Å². The Bertz CT molecular complexity index is 1090. The second-order valence-electron chi connectivity index (χ2n) is 6.16. The molecule has 150 valence electrons. The Balaban J connectivity index is 2.00. The fourth-order valence-electron chi connectivity index (χ4n) is 2.66. The number of hydrogen-bond acceptors (Lipinski definition) is 3. The van der Waals surface area contributed by atoms with E-state index in [1.165, 1.54) is 12.1 Å². The summed E-state index contributed by atoms with van der Waals surface area (Å²) in [7, 11) is 0. The number of halogens is 4. The van der Waals surface area contributed by atoms with Gasteiger partial charge < -0.3 is 11.1 Å². The average Bonchev–Trinajstić information content (AvgIpc) is 3.09. The molecule has 0 spiro atoms. The van der Waals surface area contributed by atoms with E-state index in [0.717, 1.165) is 30.0 Å². The molecule has 1 heterocycles. The molecule has 0 fully saturated rings. The number of hydrogen-bond donors (Lipinski definition) is 2. The van der Waals surface area contributed by atoms with Gasteiger partial charge in [-0.25, -0.2) is 9.07 Å². The van der Waals surface area contributed by atoms with Crippen molar-refractivity contribution < 1.29 is 27.2 Å². The number of carbonyl (C=O) groups excluding carboxylic acids is 2. The van der Waals surface area contributed by atoms with Gasteiger partial charge in [0.2, 0.25) is 0 Å². The summed E-state index contributed by atoms with van der Waals surface area (Å²) in [6, 6.07) is 9.01. The molecule has 2 aromatic carbocycles. The molecule has 29 heavy (non-hydrogen) atoms. The number of alkyl halides is 3. The maximum absolute atomic E-state index is 13.7. The molecule has 0 saturated heterocycles. The van der Waals surface area contributed by atoms with Crippen LogP contribution < -0.4 is 11.1 Å². The second kappa shape index (κ2) is 7.38. The van der Waals surface area contributed by atoms with Crippen LogP contribution in [0.3, 0.4) is 0 Å². The van der Waals surface area contributed by atoms with E-state index >= 15 is 0 Å². The van der Waals surface area contributed by atoms with E-state index in [2.05, 4.69) is 10.4 Å². The van der Waals surface area contributed by atoms with Gasteiger partial charge in [-0.15, -0.1) is 0 Å². The zero-order valence-electron chi connectivity index (χ0n) is 14.9.